The topological polar surface area (TPSA) is 57.8 Å². The molecule has 0 saturated carbocycles. The molecule has 1 aromatic carbocycles. The van der Waals surface area contributed by atoms with Crippen molar-refractivity contribution >= 4 is 28.1 Å². The second kappa shape index (κ2) is 7.85. The molecule has 1 aliphatic carbocycles. The van der Waals surface area contributed by atoms with E-state index < -0.39 is 0 Å². The highest BCUT2D eigenvalue weighted by Gasteiger charge is 2.22. The summed E-state index contributed by atoms with van der Waals surface area (Å²) in [4.78, 5) is 20.8. The van der Waals surface area contributed by atoms with Crippen LogP contribution in [-0.4, -0.2) is 22.4 Å². The Kier molecular flexibility index (Phi) is 5.30. The van der Waals surface area contributed by atoms with Gasteiger partial charge in [-0.05, 0) is 63.0 Å². The summed E-state index contributed by atoms with van der Waals surface area (Å²) in [6, 6.07) is 6.09. The minimum Gasteiger partial charge on any atom is -0.358 e. The number of rotatable bonds is 6. The molecule has 0 aliphatic heterocycles. The van der Waals surface area contributed by atoms with Crippen LogP contribution in [0, 0.1) is 12.8 Å². The van der Waals surface area contributed by atoms with E-state index >= 15 is 0 Å². The number of unbranched alkanes of at least 4 members (excludes halogenated alkanes) is 1. The zero-order valence-corrected chi connectivity index (χ0v) is 16.9. The molecular weight excluding hydrogens is 354 g/mol. The summed E-state index contributed by atoms with van der Waals surface area (Å²) < 4.78 is 0. The predicted molar refractivity (Wildman–Crippen MR) is 112 cm³/mol. The standard InChI is InChI=1S/C22H27N3OS/c1-14-9-10-19-18(12-14)16-6-5-7-17(21(16)25-19)22(26)23-11-4-3-8-20-24-15(2)13-27-20/h5-7,13-14,25H,3-4,8-12H2,1-2H3,(H,23,26). The highest BCUT2D eigenvalue weighted by Crippen LogP contribution is 2.32. The molecule has 3 aromatic rings. The first-order valence-corrected chi connectivity index (χ1v) is 10.8. The van der Waals surface area contributed by atoms with Crippen molar-refractivity contribution in [2.75, 3.05) is 6.54 Å². The molecule has 1 amide bonds. The molecule has 4 rings (SSSR count). The van der Waals surface area contributed by atoms with E-state index in [0.717, 1.165) is 54.8 Å². The Bertz CT molecular complexity index is 956. The van der Waals surface area contributed by atoms with E-state index in [1.807, 2.05) is 19.1 Å². The van der Waals surface area contributed by atoms with Crippen molar-refractivity contribution in [1.82, 2.24) is 15.3 Å². The number of nitrogens with one attached hydrogen (secondary N) is 2. The summed E-state index contributed by atoms with van der Waals surface area (Å²) in [6.07, 6.45) is 6.43. The molecule has 27 heavy (non-hydrogen) atoms. The van der Waals surface area contributed by atoms with E-state index in [2.05, 4.69) is 33.7 Å². The number of aryl methyl sites for hydroxylation is 3. The Labute approximate surface area is 164 Å². The number of aromatic amines is 1. The number of carbonyl (C=O) groups is 1. The number of hydrogen-bond donors (Lipinski definition) is 2. The molecule has 1 atom stereocenters. The lowest BCUT2D eigenvalue weighted by Gasteiger charge is -2.17. The maximum absolute atomic E-state index is 12.7. The Morgan fingerprint density at radius 2 is 2.26 bits per heavy atom. The lowest BCUT2D eigenvalue weighted by molar-refractivity contribution is 0.0954. The van der Waals surface area contributed by atoms with Crippen molar-refractivity contribution in [3.63, 3.8) is 0 Å². The number of benzene rings is 1. The minimum absolute atomic E-state index is 0.0253. The minimum atomic E-state index is 0.0253. The Hall–Kier alpha value is -2.14. The van der Waals surface area contributed by atoms with Gasteiger partial charge in [0.15, 0.2) is 0 Å². The molecule has 1 unspecified atom stereocenters. The fourth-order valence-corrected chi connectivity index (χ4v) is 4.84. The predicted octanol–water partition coefficient (Wildman–Crippen LogP) is 4.81. The van der Waals surface area contributed by atoms with Gasteiger partial charge < -0.3 is 10.3 Å². The summed E-state index contributed by atoms with van der Waals surface area (Å²) in [5.74, 6) is 0.743. The van der Waals surface area contributed by atoms with Gasteiger partial charge >= 0.3 is 0 Å². The van der Waals surface area contributed by atoms with Crippen LogP contribution in [0.25, 0.3) is 10.9 Å². The number of hydrogen-bond acceptors (Lipinski definition) is 3. The molecule has 0 bridgehead atoms. The Morgan fingerprint density at radius 1 is 1.37 bits per heavy atom. The quantitative estimate of drug-likeness (QED) is 0.602. The normalized spacial score (nSPS) is 16.4. The number of fused-ring (bicyclic) bond motifs is 3. The maximum atomic E-state index is 12.7. The number of H-pyrrole nitrogens is 1. The fourth-order valence-electron chi connectivity index (χ4n) is 4.02. The second-order valence-corrected chi connectivity index (χ2v) is 8.70. The maximum Gasteiger partial charge on any atom is 0.253 e. The average molecular weight is 382 g/mol. The van der Waals surface area contributed by atoms with Crippen LogP contribution in [0.4, 0.5) is 0 Å². The number of nitrogens with zero attached hydrogens (tertiary/aromatic N) is 1. The lowest BCUT2D eigenvalue weighted by Crippen LogP contribution is -2.24. The van der Waals surface area contributed by atoms with Crippen LogP contribution in [-0.2, 0) is 19.3 Å². The van der Waals surface area contributed by atoms with Gasteiger partial charge in [0.05, 0.1) is 16.1 Å². The van der Waals surface area contributed by atoms with Crippen LogP contribution < -0.4 is 5.32 Å². The van der Waals surface area contributed by atoms with Gasteiger partial charge in [0.2, 0.25) is 0 Å². The summed E-state index contributed by atoms with van der Waals surface area (Å²) in [6.45, 7) is 5.04. The third kappa shape index (κ3) is 3.93. The van der Waals surface area contributed by atoms with Crippen molar-refractivity contribution in [2.45, 2.75) is 52.4 Å². The van der Waals surface area contributed by atoms with Gasteiger partial charge in [0.1, 0.15) is 0 Å². The monoisotopic (exact) mass is 381 g/mol. The smallest absolute Gasteiger partial charge is 0.253 e. The molecule has 0 fully saturated rings. The molecule has 0 saturated heterocycles. The SMILES string of the molecule is Cc1csc(CCCCNC(=O)c2cccc3c4c([nH]c23)CCC(C)C4)n1. The van der Waals surface area contributed by atoms with E-state index in [1.165, 1.54) is 28.1 Å². The van der Waals surface area contributed by atoms with Gasteiger partial charge in [-0.25, -0.2) is 4.98 Å². The van der Waals surface area contributed by atoms with Crippen molar-refractivity contribution in [3.05, 3.63) is 51.1 Å². The zero-order valence-electron chi connectivity index (χ0n) is 16.1. The number of amides is 1. The molecule has 2 heterocycles. The van der Waals surface area contributed by atoms with Crippen molar-refractivity contribution in [1.29, 1.82) is 0 Å². The average Bonchev–Trinajstić information content (AvgIpc) is 3.24. The van der Waals surface area contributed by atoms with E-state index in [1.54, 1.807) is 11.3 Å². The molecule has 4 nitrogen and oxygen atoms in total. The number of carbonyl (C=O) groups excluding carboxylic acids is 1. The zero-order chi connectivity index (χ0) is 18.8. The van der Waals surface area contributed by atoms with Crippen LogP contribution in [0.1, 0.15) is 58.5 Å². The van der Waals surface area contributed by atoms with Gasteiger partial charge in [-0.15, -0.1) is 11.3 Å². The number of aromatic nitrogens is 2. The van der Waals surface area contributed by atoms with Crippen LogP contribution in [0.15, 0.2) is 23.6 Å². The molecule has 142 valence electrons. The van der Waals surface area contributed by atoms with E-state index in [-0.39, 0.29) is 5.91 Å². The molecule has 0 radical (unpaired) electrons. The summed E-state index contributed by atoms with van der Waals surface area (Å²) in [5.41, 5.74) is 5.61. The second-order valence-electron chi connectivity index (χ2n) is 7.75. The summed E-state index contributed by atoms with van der Waals surface area (Å²) >= 11 is 1.72. The van der Waals surface area contributed by atoms with Gasteiger partial charge in [0.25, 0.3) is 5.91 Å². The molecule has 0 spiro atoms. The van der Waals surface area contributed by atoms with Crippen molar-refractivity contribution in [3.8, 4) is 0 Å². The third-order valence-electron chi connectivity index (χ3n) is 5.48. The Balaban J connectivity index is 1.38. The van der Waals surface area contributed by atoms with Gasteiger partial charge in [-0.3, -0.25) is 4.79 Å². The number of thiazole rings is 1. The Morgan fingerprint density at radius 3 is 3.07 bits per heavy atom. The fraction of sp³-hybridized carbons (Fsp3) is 0.455. The molecule has 2 aromatic heterocycles. The number of para-hydroxylation sites is 1. The van der Waals surface area contributed by atoms with Crippen molar-refractivity contribution < 1.29 is 4.79 Å². The summed E-state index contributed by atoms with van der Waals surface area (Å²) in [7, 11) is 0. The van der Waals surface area contributed by atoms with Crippen LogP contribution in [0.5, 0.6) is 0 Å². The van der Waals surface area contributed by atoms with Crippen LogP contribution in [0.3, 0.4) is 0 Å². The first-order valence-electron chi connectivity index (χ1n) is 9.93. The highest BCUT2D eigenvalue weighted by atomic mass is 32.1. The largest absolute Gasteiger partial charge is 0.358 e. The molecular formula is C22H27N3OS. The molecule has 2 N–H and O–H groups in total. The first kappa shape index (κ1) is 18.2. The first-order chi connectivity index (χ1) is 13.1. The third-order valence-corrected chi connectivity index (χ3v) is 6.51. The van der Waals surface area contributed by atoms with E-state index in [9.17, 15) is 4.79 Å². The van der Waals surface area contributed by atoms with Crippen molar-refractivity contribution in [2.24, 2.45) is 5.92 Å². The van der Waals surface area contributed by atoms with Crippen LogP contribution in [0.2, 0.25) is 0 Å². The lowest BCUT2D eigenvalue weighted by atomic mass is 9.87. The van der Waals surface area contributed by atoms with Gasteiger partial charge in [-0.2, -0.15) is 0 Å². The highest BCUT2D eigenvalue weighted by molar-refractivity contribution is 7.09. The molecule has 1 aliphatic rings. The van der Waals surface area contributed by atoms with E-state index in [0.29, 0.717) is 6.54 Å². The van der Waals surface area contributed by atoms with Gasteiger partial charge in [-0.1, -0.05) is 19.1 Å². The van der Waals surface area contributed by atoms with Gasteiger partial charge in [0, 0.05) is 28.7 Å². The van der Waals surface area contributed by atoms with E-state index in [4.69, 9.17) is 0 Å². The summed E-state index contributed by atoms with van der Waals surface area (Å²) in [5, 5.41) is 7.60. The van der Waals surface area contributed by atoms with Crippen LogP contribution >= 0.6 is 11.3 Å². The molecule has 5 heteroatoms.